The topological polar surface area (TPSA) is 86.5 Å². The lowest BCUT2D eigenvalue weighted by Gasteiger charge is -2.20. The number of para-hydroxylation sites is 1. The average molecular weight is 291 g/mol. The molecule has 2 atom stereocenters. The van der Waals surface area contributed by atoms with Gasteiger partial charge in [-0.1, -0.05) is 18.2 Å². The molecule has 2 aliphatic rings. The number of urea groups is 2. The summed E-state index contributed by atoms with van der Waals surface area (Å²) >= 11 is 0. The van der Waals surface area contributed by atoms with Crippen LogP contribution in [-0.2, 0) is 9.47 Å². The number of benzene rings is 1. The van der Waals surface area contributed by atoms with E-state index >= 15 is 0 Å². The Hall–Kier alpha value is -2.12. The maximum Gasteiger partial charge on any atom is 0.330 e. The molecule has 2 saturated heterocycles. The van der Waals surface area contributed by atoms with E-state index in [1.54, 1.807) is 12.1 Å². The highest BCUT2D eigenvalue weighted by molar-refractivity contribution is 6.00. The lowest BCUT2D eigenvalue weighted by atomic mass is 10.3. The maximum absolute atomic E-state index is 12.2. The van der Waals surface area contributed by atoms with E-state index in [4.69, 9.17) is 9.47 Å². The zero-order chi connectivity index (χ0) is 14.7. The molecule has 2 aliphatic heterocycles. The molecule has 0 bridgehead atoms. The molecule has 0 aliphatic carbocycles. The summed E-state index contributed by atoms with van der Waals surface area (Å²) in [6.07, 6.45) is 0.0135. The zero-order valence-corrected chi connectivity index (χ0v) is 11.5. The van der Waals surface area contributed by atoms with Crippen LogP contribution in [0, 0.1) is 0 Å². The molecule has 2 heterocycles. The Balaban J connectivity index is 1.59. The number of rotatable bonds is 5. The second kappa shape index (κ2) is 6.11. The van der Waals surface area contributed by atoms with Gasteiger partial charge in [0.1, 0.15) is 0 Å². The Bertz CT molecular complexity index is 514. The van der Waals surface area contributed by atoms with Gasteiger partial charge in [-0.15, -0.1) is 0 Å². The van der Waals surface area contributed by atoms with Crippen molar-refractivity contribution >= 4 is 17.7 Å². The van der Waals surface area contributed by atoms with Crippen LogP contribution in [0.3, 0.4) is 0 Å². The Morgan fingerprint density at radius 1 is 1.10 bits per heavy atom. The molecule has 7 nitrogen and oxygen atoms in total. The Labute approximate surface area is 122 Å². The zero-order valence-electron chi connectivity index (χ0n) is 11.5. The summed E-state index contributed by atoms with van der Waals surface area (Å²) in [5, 5.41) is 5.39. The first-order valence-electron chi connectivity index (χ1n) is 6.87. The van der Waals surface area contributed by atoms with E-state index in [-0.39, 0.29) is 18.8 Å². The van der Waals surface area contributed by atoms with Gasteiger partial charge in [0.15, 0.2) is 0 Å². The third-order valence-electron chi connectivity index (χ3n) is 3.19. The summed E-state index contributed by atoms with van der Waals surface area (Å²) in [6.45, 7) is 1.89. The van der Waals surface area contributed by atoms with E-state index in [9.17, 15) is 9.59 Å². The van der Waals surface area contributed by atoms with Crippen molar-refractivity contribution in [2.24, 2.45) is 0 Å². The molecule has 3 rings (SSSR count). The highest BCUT2D eigenvalue weighted by Crippen LogP contribution is 2.14. The fraction of sp³-hybridized carbons (Fsp3) is 0.429. The van der Waals surface area contributed by atoms with Crippen molar-refractivity contribution in [3.8, 4) is 0 Å². The lowest BCUT2D eigenvalue weighted by molar-refractivity contribution is 0.188. The van der Waals surface area contributed by atoms with E-state index in [0.717, 1.165) is 4.90 Å². The molecule has 7 heteroatoms. The highest BCUT2D eigenvalue weighted by Gasteiger charge is 2.32. The first kappa shape index (κ1) is 13.8. The first-order chi connectivity index (χ1) is 10.2. The van der Waals surface area contributed by atoms with E-state index < -0.39 is 12.1 Å². The van der Waals surface area contributed by atoms with E-state index in [1.807, 2.05) is 18.2 Å². The first-order valence-corrected chi connectivity index (χ1v) is 6.87. The summed E-state index contributed by atoms with van der Waals surface area (Å²) < 4.78 is 10.1. The fourth-order valence-corrected chi connectivity index (χ4v) is 1.83. The SMILES string of the molecule is O=C(NCC1CO1)N(CC1CO1)C(=O)Nc1ccccc1. The van der Waals surface area contributed by atoms with Crippen molar-refractivity contribution in [2.45, 2.75) is 12.2 Å². The monoisotopic (exact) mass is 291 g/mol. The number of anilines is 1. The van der Waals surface area contributed by atoms with Gasteiger partial charge in [0.05, 0.1) is 32.0 Å². The molecule has 0 saturated carbocycles. The Kier molecular flexibility index (Phi) is 4.03. The standard InChI is InChI=1S/C14H17N3O4/c18-13(15-6-11-8-20-11)17(7-12-9-21-12)14(19)16-10-4-2-1-3-5-10/h1-5,11-12H,6-9H2,(H,15,18)(H,16,19). The molecule has 0 radical (unpaired) electrons. The van der Waals surface area contributed by atoms with Crippen LogP contribution in [0.2, 0.25) is 0 Å². The second-order valence-corrected chi connectivity index (χ2v) is 5.00. The van der Waals surface area contributed by atoms with Gasteiger partial charge in [-0.3, -0.25) is 0 Å². The lowest BCUT2D eigenvalue weighted by Crippen LogP contribution is -2.48. The summed E-state index contributed by atoms with van der Waals surface area (Å²) in [7, 11) is 0. The van der Waals surface area contributed by atoms with Crippen LogP contribution in [0.25, 0.3) is 0 Å². The van der Waals surface area contributed by atoms with Gasteiger partial charge in [0, 0.05) is 12.2 Å². The highest BCUT2D eigenvalue weighted by atomic mass is 16.6. The quantitative estimate of drug-likeness (QED) is 0.793. The largest absolute Gasteiger partial charge is 0.371 e. The molecule has 112 valence electrons. The van der Waals surface area contributed by atoms with Gasteiger partial charge >= 0.3 is 12.1 Å². The van der Waals surface area contributed by atoms with Crippen LogP contribution in [-0.4, -0.2) is 55.5 Å². The minimum Gasteiger partial charge on any atom is -0.371 e. The van der Waals surface area contributed by atoms with E-state index in [1.165, 1.54) is 0 Å². The van der Waals surface area contributed by atoms with Gasteiger partial charge in [-0.25, -0.2) is 14.5 Å². The van der Waals surface area contributed by atoms with Gasteiger partial charge in [0.25, 0.3) is 0 Å². The fourth-order valence-electron chi connectivity index (χ4n) is 1.83. The molecule has 2 N–H and O–H groups in total. The number of imide groups is 1. The molecule has 2 unspecified atom stereocenters. The number of carbonyl (C=O) groups is 2. The Morgan fingerprint density at radius 2 is 1.76 bits per heavy atom. The van der Waals surface area contributed by atoms with Crippen LogP contribution in [0.4, 0.5) is 15.3 Å². The molecular formula is C14H17N3O4. The number of nitrogens with one attached hydrogen (secondary N) is 2. The molecule has 21 heavy (non-hydrogen) atoms. The normalized spacial score (nSPS) is 22.3. The maximum atomic E-state index is 12.2. The van der Waals surface area contributed by atoms with Crippen LogP contribution in [0.15, 0.2) is 30.3 Å². The van der Waals surface area contributed by atoms with Crippen molar-refractivity contribution in [1.82, 2.24) is 10.2 Å². The van der Waals surface area contributed by atoms with Crippen LogP contribution >= 0.6 is 0 Å². The van der Waals surface area contributed by atoms with Gasteiger partial charge < -0.3 is 20.1 Å². The number of ether oxygens (including phenoxy) is 2. The molecular weight excluding hydrogens is 274 g/mol. The molecule has 1 aromatic carbocycles. The number of amides is 4. The van der Waals surface area contributed by atoms with Crippen molar-refractivity contribution in [3.05, 3.63) is 30.3 Å². The number of carbonyl (C=O) groups excluding carboxylic acids is 2. The predicted octanol–water partition coefficient (Wildman–Crippen LogP) is 1.03. The minimum atomic E-state index is -0.467. The van der Waals surface area contributed by atoms with Crippen molar-refractivity contribution in [1.29, 1.82) is 0 Å². The molecule has 2 fully saturated rings. The molecule has 0 aromatic heterocycles. The van der Waals surface area contributed by atoms with Crippen LogP contribution < -0.4 is 10.6 Å². The minimum absolute atomic E-state index is 0.0607. The number of epoxide rings is 2. The van der Waals surface area contributed by atoms with Crippen molar-refractivity contribution in [3.63, 3.8) is 0 Å². The van der Waals surface area contributed by atoms with Gasteiger partial charge in [-0.2, -0.15) is 0 Å². The smallest absolute Gasteiger partial charge is 0.330 e. The van der Waals surface area contributed by atoms with Gasteiger partial charge in [0.2, 0.25) is 0 Å². The second-order valence-electron chi connectivity index (χ2n) is 5.00. The van der Waals surface area contributed by atoms with Crippen molar-refractivity contribution in [2.75, 3.05) is 31.6 Å². The van der Waals surface area contributed by atoms with E-state index in [2.05, 4.69) is 10.6 Å². The average Bonchev–Trinajstić information content (AvgIpc) is 3.38. The van der Waals surface area contributed by atoms with Crippen molar-refractivity contribution < 1.29 is 19.1 Å². The van der Waals surface area contributed by atoms with Gasteiger partial charge in [-0.05, 0) is 12.1 Å². The number of hydrogen-bond donors (Lipinski definition) is 2. The Morgan fingerprint density at radius 3 is 2.38 bits per heavy atom. The molecule has 4 amide bonds. The third-order valence-corrected chi connectivity index (χ3v) is 3.19. The molecule has 0 spiro atoms. The number of hydrogen-bond acceptors (Lipinski definition) is 4. The van der Waals surface area contributed by atoms with Crippen LogP contribution in [0.5, 0.6) is 0 Å². The summed E-state index contributed by atoms with van der Waals surface area (Å²) in [5.41, 5.74) is 0.641. The summed E-state index contributed by atoms with van der Waals surface area (Å²) in [4.78, 5) is 25.5. The molecule has 1 aromatic rings. The van der Waals surface area contributed by atoms with Crippen LogP contribution in [0.1, 0.15) is 0 Å². The summed E-state index contributed by atoms with van der Waals surface area (Å²) in [5.74, 6) is 0. The van der Waals surface area contributed by atoms with E-state index in [0.29, 0.717) is 25.4 Å². The summed E-state index contributed by atoms with van der Waals surface area (Å²) in [6, 6.07) is 8.11. The number of nitrogens with zero attached hydrogens (tertiary/aromatic N) is 1. The predicted molar refractivity (Wildman–Crippen MR) is 75.0 cm³/mol. The third kappa shape index (κ3) is 4.17.